The van der Waals surface area contributed by atoms with E-state index in [1.54, 1.807) is 12.3 Å². The van der Waals surface area contributed by atoms with Gasteiger partial charge in [-0.15, -0.1) is 5.26 Å². The van der Waals surface area contributed by atoms with Crippen LogP contribution in [0.15, 0.2) is 30.3 Å². The molecule has 0 saturated heterocycles. The molecule has 0 heterocycles. The van der Waals surface area contributed by atoms with Gasteiger partial charge in [-0.1, -0.05) is 24.3 Å². The highest BCUT2D eigenvalue weighted by atomic mass is 16.5. The van der Waals surface area contributed by atoms with Crippen molar-refractivity contribution < 1.29 is 4.74 Å². The van der Waals surface area contributed by atoms with Gasteiger partial charge in [0.15, 0.2) is 5.75 Å². The van der Waals surface area contributed by atoms with Crippen molar-refractivity contribution in [3.8, 4) is 12.0 Å². The van der Waals surface area contributed by atoms with Crippen LogP contribution in [0, 0.1) is 23.6 Å². The molecule has 2 radical (unpaired) electrons. The molecule has 0 aliphatic heterocycles. The summed E-state index contributed by atoms with van der Waals surface area (Å²) in [4.78, 5) is 0. The van der Waals surface area contributed by atoms with Crippen molar-refractivity contribution in [3.05, 3.63) is 42.5 Å². The first-order valence-electron chi connectivity index (χ1n) is 3.79. The SMILES string of the molecule is N#COc1c[c][c]c2ccccc12. The van der Waals surface area contributed by atoms with Crippen LogP contribution in [0.1, 0.15) is 0 Å². The van der Waals surface area contributed by atoms with Crippen LogP contribution < -0.4 is 4.74 Å². The van der Waals surface area contributed by atoms with Crippen LogP contribution >= 0.6 is 0 Å². The second-order valence-corrected chi connectivity index (χ2v) is 2.52. The first-order chi connectivity index (χ1) is 6.42. The van der Waals surface area contributed by atoms with E-state index in [1.165, 1.54) is 0 Å². The summed E-state index contributed by atoms with van der Waals surface area (Å²) in [5, 5.41) is 10.2. The lowest BCUT2D eigenvalue weighted by Crippen LogP contribution is -1.83. The Morgan fingerprint density at radius 1 is 1.31 bits per heavy atom. The fraction of sp³-hybridized carbons (Fsp3) is 0. The number of rotatable bonds is 1. The Bertz CT molecular complexity index is 465. The lowest BCUT2D eigenvalue weighted by Gasteiger charge is -2.00. The Hall–Kier alpha value is -2.01. The van der Waals surface area contributed by atoms with E-state index in [-0.39, 0.29) is 0 Å². The molecule has 2 nitrogen and oxygen atoms in total. The van der Waals surface area contributed by atoms with Crippen LogP contribution in [-0.2, 0) is 0 Å². The zero-order chi connectivity index (χ0) is 9.10. The summed E-state index contributed by atoms with van der Waals surface area (Å²) in [5.74, 6) is 0.525. The summed E-state index contributed by atoms with van der Waals surface area (Å²) in [5.41, 5.74) is 0. The summed E-state index contributed by atoms with van der Waals surface area (Å²) in [6, 6.07) is 14.9. The van der Waals surface area contributed by atoms with Crippen LogP contribution in [-0.4, -0.2) is 0 Å². The average Bonchev–Trinajstić information content (AvgIpc) is 2.19. The average molecular weight is 167 g/mol. The highest BCUT2D eigenvalue weighted by molar-refractivity contribution is 5.87. The van der Waals surface area contributed by atoms with E-state index in [1.807, 2.05) is 24.3 Å². The molecule has 0 bridgehead atoms. The molecular formula is C11H5NO. The quantitative estimate of drug-likeness (QED) is 0.610. The third-order valence-corrected chi connectivity index (χ3v) is 1.76. The Morgan fingerprint density at radius 2 is 2.15 bits per heavy atom. The highest BCUT2D eigenvalue weighted by Gasteiger charge is 1.99. The predicted molar refractivity (Wildman–Crippen MR) is 47.9 cm³/mol. The van der Waals surface area contributed by atoms with Crippen molar-refractivity contribution in [2.75, 3.05) is 0 Å². The van der Waals surface area contributed by atoms with Crippen molar-refractivity contribution in [2.24, 2.45) is 0 Å². The molecule has 0 N–H and O–H groups in total. The Labute approximate surface area is 76.0 Å². The van der Waals surface area contributed by atoms with Crippen LogP contribution in [0.3, 0.4) is 0 Å². The van der Waals surface area contributed by atoms with Crippen LogP contribution in [0.5, 0.6) is 5.75 Å². The van der Waals surface area contributed by atoms with Gasteiger partial charge < -0.3 is 4.74 Å². The van der Waals surface area contributed by atoms with Crippen molar-refractivity contribution in [2.45, 2.75) is 0 Å². The Morgan fingerprint density at radius 3 is 3.00 bits per heavy atom. The van der Waals surface area contributed by atoms with E-state index < -0.39 is 0 Å². The largest absolute Gasteiger partial charge is 0.387 e. The third kappa shape index (κ3) is 1.32. The van der Waals surface area contributed by atoms with Gasteiger partial charge in [-0.3, -0.25) is 0 Å². The molecule has 0 aromatic heterocycles. The third-order valence-electron chi connectivity index (χ3n) is 1.76. The molecule has 2 aromatic rings. The molecule has 0 fully saturated rings. The monoisotopic (exact) mass is 167 g/mol. The standard InChI is InChI=1S/C11H5NO/c12-8-13-11-7-3-5-9-4-1-2-6-10(9)11/h1-2,4,6-7H. The lowest BCUT2D eigenvalue weighted by molar-refractivity contribution is 0.513. The number of nitrogens with zero attached hydrogens (tertiary/aromatic N) is 1. The summed E-state index contributed by atoms with van der Waals surface area (Å²) in [7, 11) is 0. The molecule has 0 unspecified atom stereocenters. The molecule has 2 aromatic carbocycles. The molecule has 60 valence electrons. The predicted octanol–water partition coefficient (Wildman–Crippen LogP) is 2.30. The zero-order valence-electron chi connectivity index (χ0n) is 6.74. The van der Waals surface area contributed by atoms with Gasteiger partial charge in [-0.05, 0) is 23.6 Å². The Balaban J connectivity index is 2.70. The topological polar surface area (TPSA) is 33.0 Å². The summed E-state index contributed by atoms with van der Waals surface area (Å²) >= 11 is 0. The number of benzene rings is 2. The van der Waals surface area contributed by atoms with E-state index in [0.717, 1.165) is 10.8 Å². The molecule has 2 rings (SSSR count). The maximum atomic E-state index is 8.38. The first kappa shape index (κ1) is 7.63. The molecule has 13 heavy (non-hydrogen) atoms. The van der Waals surface area contributed by atoms with Gasteiger partial charge in [0.25, 0.3) is 6.26 Å². The molecule has 0 aliphatic carbocycles. The second-order valence-electron chi connectivity index (χ2n) is 2.52. The van der Waals surface area contributed by atoms with Gasteiger partial charge in [0, 0.05) is 5.39 Å². The zero-order valence-corrected chi connectivity index (χ0v) is 6.74. The minimum atomic E-state index is 0.525. The molecule has 0 amide bonds. The number of ether oxygens (including phenoxy) is 1. The molecule has 0 saturated carbocycles. The number of hydrogen-bond donors (Lipinski definition) is 0. The van der Waals surface area contributed by atoms with Gasteiger partial charge in [-0.2, -0.15) is 0 Å². The van der Waals surface area contributed by atoms with Crippen LogP contribution in [0.2, 0.25) is 0 Å². The summed E-state index contributed by atoms with van der Waals surface area (Å²) < 4.78 is 4.77. The maximum Gasteiger partial charge on any atom is 0.292 e. The summed E-state index contributed by atoms with van der Waals surface area (Å²) in [6.07, 6.45) is 1.64. The van der Waals surface area contributed by atoms with E-state index >= 15 is 0 Å². The lowest BCUT2D eigenvalue weighted by atomic mass is 10.1. The maximum absolute atomic E-state index is 8.38. The number of nitriles is 1. The highest BCUT2D eigenvalue weighted by Crippen LogP contribution is 2.23. The molecule has 0 aliphatic rings. The second kappa shape index (κ2) is 3.16. The van der Waals surface area contributed by atoms with E-state index in [2.05, 4.69) is 12.1 Å². The van der Waals surface area contributed by atoms with Crippen LogP contribution in [0.25, 0.3) is 10.8 Å². The van der Waals surface area contributed by atoms with Crippen LogP contribution in [0.4, 0.5) is 0 Å². The van der Waals surface area contributed by atoms with E-state index in [4.69, 9.17) is 10.00 Å². The van der Waals surface area contributed by atoms with E-state index in [9.17, 15) is 0 Å². The first-order valence-corrected chi connectivity index (χ1v) is 3.79. The van der Waals surface area contributed by atoms with Gasteiger partial charge in [-0.25, -0.2) is 0 Å². The fourth-order valence-corrected chi connectivity index (χ4v) is 1.20. The van der Waals surface area contributed by atoms with Crippen molar-refractivity contribution in [1.29, 1.82) is 5.26 Å². The smallest absolute Gasteiger partial charge is 0.292 e. The van der Waals surface area contributed by atoms with Gasteiger partial charge in [0.05, 0.1) is 0 Å². The van der Waals surface area contributed by atoms with Crippen molar-refractivity contribution >= 4 is 10.8 Å². The minimum absolute atomic E-state index is 0.525. The van der Waals surface area contributed by atoms with E-state index in [0.29, 0.717) is 5.75 Å². The fourth-order valence-electron chi connectivity index (χ4n) is 1.20. The normalized spacial score (nSPS) is 9.46. The Kier molecular flexibility index (Phi) is 1.85. The summed E-state index contributed by atoms with van der Waals surface area (Å²) in [6.45, 7) is 0. The van der Waals surface area contributed by atoms with Gasteiger partial charge in [0.2, 0.25) is 0 Å². The molecule has 0 atom stereocenters. The van der Waals surface area contributed by atoms with Gasteiger partial charge in [0.1, 0.15) is 0 Å². The molecular weight excluding hydrogens is 162 g/mol. The van der Waals surface area contributed by atoms with Crippen molar-refractivity contribution in [3.63, 3.8) is 0 Å². The molecule has 0 spiro atoms. The molecule has 2 heteroatoms. The van der Waals surface area contributed by atoms with Gasteiger partial charge >= 0.3 is 0 Å². The number of hydrogen-bond acceptors (Lipinski definition) is 2. The minimum Gasteiger partial charge on any atom is -0.387 e. The number of fused-ring (bicyclic) bond motifs is 1. The van der Waals surface area contributed by atoms with Crippen molar-refractivity contribution in [1.82, 2.24) is 0 Å².